The first-order valence-electron chi connectivity index (χ1n) is 2.95. The molecule has 46 valence electrons. The van der Waals surface area contributed by atoms with Gasteiger partial charge in [-0.15, -0.1) is 3.42 Å². The molecule has 0 aromatic carbocycles. The summed E-state index contributed by atoms with van der Waals surface area (Å²) in [6.07, 6.45) is 0. The molecule has 0 fully saturated rings. The first-order chi connectivity index (χ1) is 4.25. The van der Waals surface area contributed by atoms with E-state index in [2.05, 4.69) is 32.5 Å². The van der Waals surface area contributed by atoms with Gasteiger partial charge in [0.1, 0.15) is 0 Å². The summed E-state index contributed by atoms with van der Waals surface area (Å²) in [6, 6.07) is 0. The van der Waals surface area contributed by atoms with Crippen molar-refractivity contribution in [3.05, 3.63) is 16.9 Å². The molecular weight excluding hydrogens is 207 g/mol. The fourth-order valence-electron chi connectivity index (χ4n) is 0.789. The van der Waals surface area contributed by atoms with Crippen molar-refractivity contribution in [2.24, 2.45) is 0 Å². The second-order valence-electron chi connectivity index (χ2n) is 2.21. The van der Waals surface area contributed by atoms with Crippen LogP contribution in [-0.4, -0.2) is 18.2 Å². The van der Waals surface area contributed by atoms with Gasteiger partial charge in [0.2, 0.25) is 0 Å². The Hall–Kier alpha value is 1.03. The van der Waals surface area contributed by atoms with E-state index >= 15 is 0 Å². The summed E-state index contributed by atoms with van der Waals surface area (Å²) in [4.78, 5) is 0. The molecule has 0 aliphatic heterocycles. The molecule has 1 unspecified atom stereocenters. The van der Waals surface area contributed by atoms with Crippen molar-refractivity contribution in [2.45, 2.75) is 13.8 Å². The van der Waals surface area contributed by atoms with Crippen LogP contribution in [0.4, 0.5) is 0 Å². The topological polar surface area (TPSA) is 0 Å². The third-order valence-electron chi connectivity index (χ3n) is 1.64. The van der Waals surface area contributed by atoms with Crippen LogP contribution in [0.5, 0.6) is 0 Å². The molecule has 0 saturated heterocycles. The highest BCUT2D eigenvalue weighted by Gasteiger charge is 2.01. The Morgan fingerprint density at radius 3 is 2.44 bits per heavy atom. The minimum atomic E-state index is -0.0364. The normalized spacial score (nSPS) is 10.1. The average Bonchev–Trinajstić information content (AvgIpc) is 2.15. The van der Waals surface area contributed by atoms with E-state index in [4.69, 9.17) is 0 Å². The first-order valence-corrected chi connectivity index (χ1v) is 8.63. The van der Waals surface area contributed by atoms with Crippen LogP contribution in [0.2, 0.25) is 0 Å². The van der Waals surface area contributed by atoms with Gasteiger partial charge >= 0.3 is 18.2 Å². The van der Waals surface area contributed by atoms with Crippen LogP contribution in [0.15, 0.2) is 5.80 Å². The molecule has 0 spiro atoms. The Kier molecular flexibility index (Phi) is 3.09. The summed E-state index contributed by atoms with van der Waals surface area (Å²) >= 11 is 3.56. The van der Waals surface area contributed by atoms with E-state index in [1.54, 1.807) is 8.99 Å². The Labute approximate surface area is 73.1 Å². The van der Waals surface area contributed by atoms with Crippen LogP contribution in [0.1, 0.15) is 11.1 Å². The van der Waals surface area contributed by atoms with Gasteiger partial charge in [-0.25, -0.2) is 0 Å². The zero-order valence-corrected chi connectivity index (χ0v) is 9.66. The van der Waals surface area contributed by atoms with E-state index in [1.807, 2.05) is 0 Å². The second-order valence-corrected chi connectivity index (χ2v) is 6.75. The summed E-state index contributed by atoms with van der Waals surface area (Å²) in [5, 5.41) is 0. The van der Waals surface area contributed by atoms with Crippen molar-refractivity contribution < 1.29 is 0 Å². The molecule has 0 bridgehead atoms. The average molecular weight is 215 g/mol. The number of hydrogen-bond donors (Lipinski definition) is 0. The lowest BCUT2D eigenvalue weighted by Crippen LogP contribution is -2.04. The third-order valence-corrected chi connectivity index (χ3v) is 8.12. The van der Waals surface area contributed by atoms with Crippen LogP contribution in [-0.2, 0) is 0 Å². The number of rotatable bonds is 1. The summed E-state index contributed by atoms with van der Waals surface area (Å²) in [5.41, 5.74) is 3.05. The van der Waals surface area contributed by atoms with Crippen molar-refractivity contribution in [2.75, 3.05) is 0 Å². The summed E-state index contributed by atoms with van der Waals surface area (Å²) in [6.45, 7) is 4.43. The molecule has 0 nitrogen and oxygen atoms in total. The molecule has 9 heavy (non-hydrogen) atoms. The quantitative estimate of drug-likeness (QED) is 0.628. The molecule has 1 aromatic heterocycles. The van der Waals surface area contributed by atoms with Gasteiger partial charge in [0, 0.05) is 0 Å². The maximum atomic E-state index is 3.60. The summed E-state index contributed by atoms with van der Waals surface area (Å²) < 4.78 is 1.70. The lowest BCUT2D eigenvalue weighted by atomic mass is 10.2. The van der Waals surface area contributed by atoms with Gasteiger partial charge in [-0.1, -0.05) is 5.56 Å². The van der Waals surface area contributed by atoms with Crippen LogP contribution in [0.3, 0.4) is 0 Å². The molecule has 1 heterocycles. The van der Waals surface area contributed by atoms with E-state index in [9.17, 15) is 0 Å². The Bertz CT molecular complexity index is 207. The molecule has 0 aliphatic carbocycles. The largest absolute Gasteiger partial charge is 0.512 e. The Balaban J connectivity index is 3.04. The predicted molar refractivity (Wildman–Crippen MR) is 49.7 cm³/mol. The lowest BCUT2D eigenvalue weighted by Gasteiger charge is -1.91. The number of halogens is 1. The van der Waals surface area contributed by atoms with E-state index in [0.717, 1.165) is 8.19 Å². The molecular formula is C6H8BrMgP. The fourth-order valence-corrected chi connectivity index (χ4v) is 5.62. The SMILES string of the molecule is Cc1c[pH][c]([Mg][Br])c1C. The first kappa shape index (κ1) is 8.13. The molecule has 1 aromatic rings. The van der Waals surface area contributed by atoms with E-state index in [0.29, 0.717) is 0 Å². The van der Waals surface area contributed by atoms with Gasteiger partial charge in [0.05, 0.1) is 0 Å². The van der Waals surface area contributed by atoms with Crippen LogP contribution in [0, 0.1) is 13.8 Å². The lowest BCUT2D eigenvalue weighted by molar-refractivity contribution is 1.42. The highest BCUT2D eigenvalue weighted by atomic mass is 79.9. The number of aryl methyl sites for hydroxylation is 1. The van der Waals surface area contributed by atoms with Gasteiger partial charge in [-0.3, -0.25) is 12.9 Å². The molecule has 1 atom stereocenters. The molecule has 1 rings (SSSR count). The maximum Gasteiger partial charge on any atom is 0.512 e. The van der Waals surface area contributed by atoms with Gasteiger partial charge in [-0.05, 0) is 25.2 Å². The Morgan fingerprint density at radius 1 is 1.56 bits per heavy atom. The van der Waals surface area contributed by atoms with Gasteiger partial charge in [0.15, 0.2) is 0 Å². The van der Waals surface area contributed by atoms with Crippen LogP contribution < -0.4 is 3.42 Å². The van der Waals surface area contributed by atoms with E-state index in [1.165, 1.54) is 5.56 Å². The fraction of sp³-hybridized carbons (Fsp3) is 0.333. The minimum absolute atomic E-state index is 0.0364. The van der Waals surface area contributed by atoms with E-state index in [-0.39, 0.29) is 18.2 Å². The molecule has 0 radical (unpaired) electrons. The molecule has 0 saturated carbocycles. The van der Waals surface area contributed by atoms with Crippen molar-refractivity contribution in [3.63, 3.8) is 0 Å². The molecule has 3 heteroatoms. The van der Waals surface area contributed by atoms with Crippen molar-refractivity contribution in [1.29, 1.82) is 0 Å². The molecule has 0 aliphatic rings. The highest BCUT2D eigenvalue weighted by molar-refractivity contribution is 9.23. The van der Waals surface area contributed by atoms with Crippen molar-refractivity contribution in [1.82, 2.24) is 0 Å². The second kappa shape index (κ2) is 3.43. The monoisotopic (exact) mass is 214 g/mol. The maximum absolute atomic E-state index is 3.60. The van der Waals surface area contributed by atoms with Gasteiger partial charge < -0.3 is 0 Å². The predicted octanol–water partition coefficient (Wildman–Crippen LogP) is 1.97. The van der Waals surface area contributed by atoms with Crippen molar-refractivity contribution >= 4 is 42.7 Å². The third kappa shape index (κ3) is 1.73. The highest BCUT2D eigenvalue weighted by Crippen LogP contribution is 2.13. The van der Waals surface area contributed by atoms with Gasteiger partial charge in [0.25, 0.3) is 0 Å². The summed E-state index contributed by atoms with van der Waals surface area (Å²) in [5.74, 6) is 2.35. The van der Waals surface area contributed by atoms with Crippen LogP contribution >= 0.6 is 21.1 Å². The zero-order valence-electron chi connectivity index (χ0n) is 5.66. The molecule has 0 N–H and O–H groups in total. The standard InChI is InChI=1S/C6H8P.BrH.Mg/c1-5-3-7-4-6(5)2;;/h3,7H,1-2H3;1H;/q;;+1/p-1. The smallest absolute Gasteiger partial charge is 0.296 e. The van der Waals surface area contributed by atoms with E-state index < -0.39 is 0 Å². The minimum Gasteiger partial charge on any atom is -0.296 e. The molecule has 0 amide bonds. The Morgan fingerprint density at radius 2 is 2.22 bits per heavy atom. The zero-order chi connectivity index (χ0) is 6.85. The van der Waals surface area contributed by atoms with Gasteiger partial charge in [-0.2, -0.15) is 8.19 Å². The summed E-state index contributed by atoms with van der Waals surface area (Å²) in [7, 11) is 0.993. The van der Waals surface area contributed by atoms with Crippen molar-refractivity contribution in [3.8, 4) is 0 Å². The van der Waals surface area contributed by atoms with Crippen LogP contribution in [0.25, 0.3) is 0 Å². The number of hydrogen-bond acceptors (Lipinski definition) is 0.